The molecule has 1 saturated carbocycles. The summed E-state index contributed by atoms with van der Waals surface area (Å²) in [6.07, 6.45) is 6.54. The number of nitrogens with one attached hydrogen (secondary N) is 3. The van der Waals surface area contributed by atoms with Crippen LogP contribution in [0.25, 0.3) is 0 Å². The van der Waals surface area contributed by atoms with E-state index >= 15 is 0 Å². The summed E-state index contributed by atoms with van der Waals surface area (Å²) in [4.78, 5) is 16.2. The van der Waals surface area contributed by atoms with E-state index in [0.717, 1.165) is 31.9 Å². The van der Waals surface area contributed by atoms with E-state index in [1.165, 1.54) is 19.3 Å². The molecule has 0 atom stereocenters. The summed E-state index contributed by atoms with van der Waals surface area (Å²) in [5.41, 5.74) is 0. The van der Waals surface area contributed by atoms with Crippen LogP contribution in [0.1, 0.15) is 52.4 Å². The van der Waals surface area contributed by atoms with E-state index in [4.69, 9.17) is 0 Å². The maximum absolute atomic E-state index is 11.8. The first-order chi connectivity index (χ1) is 9.26. The van der Waals surface area contributed by atoms with Crippen molar-refractivity contribution in [3.63, 3.8) is 0 Å². The molecule has 0 aromatic heterocycles. The van der Waals surface area contributed by atoms with E-state index in [-0.39, 0.29) is 29.9 Å². The summed E-state index contributed by atoms with van der Waals surface area (Å²) >= 11 is 0. The van der Waals surface area contributed by atoms with Crippen molar-refractivity contribution in [1.82, 2.24) is 16.0 Å². The smallest absolute Gasteiger partial charge is 0.222 e. The molecule has 118 valence electrons. The Morgan fingerprint density at radius 1 is 1.10 bits per heavy atom. The van der Waals surface area contributed by atoms with E-state index in [1.807, 2.05) is 13.8 Å². The third-order valence-corrected chi connectivity index (χ3v) is 3.27. The second kappa shape index (κ2) is 12.2. The number of halogens is 1. The summed E-state index contributed by atoms with van der Waals surface area (Å²) in [6, 6.07) is 0.396. The Morgan fingerprint density at radius 2 is 1.70 bits per heavy atom. The third-order valence-electron chi connectivity index (χ3n) is 3.27. The Bertz CT molecular complexity index is 283. The Morgan fingerprint density at radius 3 is 2.25 bits per heavy atom. The van der Waals surface area contributed by atoms with Crippen molar-refractivity contribution in [2.75, 3.05) is 19.6 Å². The van der Waals surface area contributed by atoms with Gasteiger partial charge in [-0.1, -0.05) is 19.3 Å². The van der Waals surface area contributed by atoms with Crippen LogP contribution in [0, 0.1) is 0 Å². The predicted octanol–water partition coefficient (Wildman–Crippen LogP) is 2.02. The number of guanidine groups is 1. The Hall–Kier alpha value is -0.530. The summed E-state index contributed by atoms with van der Waals surface area (Å²) in [7, 11) is 0. The van der Waals surface area contributed by atoms with Gasteiger partial charge in [-0.05, 0) is 26.7 Å². The van der Waals surface area contributed by atoms with Crippen LogP contribution in [0.4, 0.5) is 0 Å². The zero-order valence-electron chi connectivity index (χ0n) is 12.7. The predicted molar refractivity (Wildman–Crippen MR) is 94.7 cm³/mol. The third kappa shape index (κ3) is 8.60. The molecule has 0 radical (unpaired) electrons. The SMILES string of the molecule is CCNC(=NCCC(=O)NC1CCCCC1)NCC.I. The maximum Gasteiger partial charge on any atom is 0.222 e. The van der Waals surface area contributed by atoms with Gasteiger partial charge < -0.3 is 16.0 Å². The zero-order valence-corrected chi connectivity index (χ0v) is 15.0. The molecule has 0 aliphatic heterocycles. The average Bonchev–Trinajstić information content (AvgIpc) is 2.40. The van der Waals surface area contributed by atoms with Crippen molar-refractivity contribution in [3.8, 4) is 0 Å². The molecule has 1 fully saturated rings. The number of carbonyl (C=O) groups is 1. The normalized spacial score (nSPS) is 14.9. The summed E-state index contributed by atoms with van der Waals surface area (Å²) < 4.78 is 0. The highest BCUT2D eigenvalue weighted by atomic mass is 127. The molecule has 0 heterocycles. The van der Waals surface area contributed by atoms with Crippen molar-refractivity contribution >= 4 is 35.8 Å². The minimum atomic E-state index is 0. The minimum Gasteiger partial charge on any atom is -0.357 e. The largest absolute Gasteiger partial charge is 0.357 e. The second-order valence-electron chi connectivity index (χ2n) is 4.94. The van der Waals surface area contributed by atoms with Crippen LogP contribution in [0.2, 0.25) is 0 Å². The molecule has 6 heteroatoms. The van der Waals surface area contributed by atoms with Gasteiger partial charge in [0.25, 0.3) is 0 Å². The number of amides is 1. The highest BCUT2D eigenvalue weighted by Crippen LogP contribution is 2.17. The van der Waals surface area contributed by atoms with Gasteiger partial charge in [0.15, 0.2) is 5.96 Å². The van der Waals surface area contributed by atoms with E-state index in [9.17, 15) is 4.79 Å². The lowest BCUT2D eigenvalue weighted by molar-refractivity contribution is -0.121. The first kappa shape index (κ1) is 19.5. The molecule has 0 bridgehead atoms. The lowest BCUT2D eigenvalue weighted by Crippen LogP contribution is -2.38. The van der Waals surface area contributed by atoms with Crippen molar-refractivity contribution in [2.24, 2.45) is 4.99 Å². The lowest BCUT2D eigenvalue weighted by Gasteiger charge is -2.22. The molecule has 1 aliphatic carbocycles. The van der Waals surface area contributed by atoms with E-state index in [0.29, 0.717) is 19.0 Å². The zero-order chi connectivity index (χ0) is 13.9. The molecular formula is C14H29IN4O. The molecule has 20 heavy (non-hydrogen) atoms. The van der Waals surface area contributed by atoms with Gasteiger partial charge in [-0.2, -0.15) is 0 Å². The van der Waals surface area contributed by atoms with Crippen LogP contribution in [-0.4, -0.2) is 37.5 Å². The van der Waals surface area contributed by atoms with Gasteiger partial charge in [0, 0.05) is 25.6 Å². The van der Waals surface area contributed by atoms with Crippen LogP contribution in [-0.2, 0) is 4.79 Å². The molecule has 5 nitrogen and oxygen atoms in total. The maximum atomic E-state index is 11.8. The number of hydrogen-bond donors (Lipinski definition) is 3. The molecule has 0 spiro atoms. The first-order valence-corrected chi connectivity index (χ1v) is 7.57. The molecule has 0 unspecified atom stereocenters. The monoisotopic (exact) mass is 396 g/mol. The van der Waals surface area contributed by atoms with Gasteiger partial charge in [-0.3, -0.25) is 9.79 Å². The standard InChI is InChI=1S/C14H28N4O.HI/c1-3-15-14(16-4-2)17-11-10-13(19)18-12-8-6-5-7-9-12;/h12H,3-11H2,1-2H3,(H,18,19)(H2,15,16,17);1H. The minimum absolute atomic E-state index is 0. The lowest BCUT2D eigenvalue weighted by atomic mass is 9.95. The number of rotatable bonds is 6. The molecule has 1 rings (SSSR count). The Labute approximate surface area is 139 Å². The highest BCUT2D eigenvalue weighted by Gasteiger charge is 2.15. The van der Waals surface area contributed by atoms with Gasteiger partial charge in [0.05, 0.1) is 6.54 Å². The van der Waals surface area contributed by atoms with Crippen molar-refractivity contribution in [1.29, 1.82) is 0 Å². The summed E-state index contributed by atoms with van der Waals surface area (Å²) in [5.74, 6) is 0.915. The van der Waals surface area contributed by atoms with Crippen molar-refractivity contribution < 1.29 is 4.79 Å². The molecular weight excluding hydrogens is 367 g/mol. The van der Waals surface area contributed by atoms with Gasteiger partial charge >= 0.3 is 0 Å². The summed E-state index contributed by atoms with van der Waals surface area (Å²) in [6.45, 7) is 6.26. The average molecular weight is 396 g/mol. The fraction of sp³-hybridized carbons (Fsp3) is 0.857. The van der Waals surface area contributed by atoms with Gasteiger partial charge in [-0.15, -0.1) is 24.0 Å². The van der Waals surface area contributed by atoms with E-state index < -0.39 is 0 Å². The van der Waals surface area contributed by atoms with E-state index in [2.05, 4.69) is 20.9 Å². The Kier molecular flexibility index (Phi) is 11.9. The van der Waals surface area contributed by atoms with Gasteiger partial charge in [0.1, 0.15) is 0 Å². The molecule has 0 aromatic carbocycles. The number of hydrogen-bond acceptors (Lipinski definition) is 2. The van der Waals surface area contributed by atoms with Crippen LogP contribution >= 0.6 is 24.0 Å². The van der Waals surface area contributed by atoms with E-state index in [1.54, 1.807) is 0 Å². The number of aliphatic imine (C=N–C) groups is 1. The Balaban J connectivity index is 0.00000361. The first-order valence-electron chi connectivity index (χ1n) is 7.57. The van der Waals surface area contributed by atoms with Crippen LogP contribution in [0.3, 0.4) is 0 Å². The summed E-state index contributed by atoms with van der Waals surface area (Å²) in [5, 5.41) is 9.40. The molecule has 0 saturated heterocycles. The van der Waals surface area contributed by atoms with Crippen LogP contribution in [0.5, 0.6) is 0 Å². The topological polar surface area (TPSA) is 65.5 Å². The fourth-order valence-corrected chi connectivity index (χ4v) is 2.33. The van der Waals surface area contributed by atoms with Gasteiger partial charge in [-0.25, -0.2) is 0 Å². The molecule has 1 aliphatic rings. The molecule has 0 aromatic rings. The fourth-order valence-electron chi connectivity index (χ4n) is 2.33. The van der Waals surface area contributed by atoms with Crippen LogP contribution in [0.15, 0.2) is 4.99 Å². The van der Waals surface area contributed by atoms with Crippen LogP contribution < -0.4 is 16.0 Å². The highest BCUT2D eigenvalue weighted by molar-refractivity contribution is 14.0. The number of carbonyl (C=O) groups excluding carboxylic acids is 1. The molecule has 3 N–H and O–H groups in total. The number of nitrogens with zero attached hydrogens (tertiary/aromatic N) is 1. The molecule has 1 amide bonds. The quantitative estimate of drug-likeness (QED) is 0.366. The second-order valence-corrected chi connectivity index (χ2v) is 4.94. The van der Waals surface area contributed by atoms with Crippen molar-refractivity contribution in [3.05, 3.63) is 0 Å². The van der Waals surface area contributed by atoms with Crippen molar-refractivity contribution in [2.45, 2.75) is 58.4 Å². The van der Waals surface area contributed by atoms with Gasteiger partial charge in [0.2, 0.25) is 5.91 Å².